The molecule has 6 aliphatic rings. The van der Waals surface area contributed by atoms with Gasteiger partial charge in [-0.1, -0.05) is 30.3 Å². The number of nitrogens with one attached hydrogen (secondary N) is 1. The van der Waals surface area contributed by atoms with Gasteiger partial charge in [0.15, 0.2) is 23.4 Å². The highest BCUT2D eigenvalue weighted by Crippen LogP contribution is 2.65. The van der Waals surface area contributed by atoms with Crippen molar-refractivity contribution in [3.63, 3.8) is 0 Å². The normalized spacial score (nSPS) is 33.9. The van der Waals surface area contributed by atoms with Crippen molar-refractivity contribution in [2.24, 2.45) is 11.8 Å². The van der Waals surface area contributed by atoms with Crippen LogP contribution in [0.3, 0.4) is 0 Å². The molecule has 1 amide bonds. The summed E-state index contributed by atoms with van der Waals surface area (Å²) < 4.78 is 11.4. The van der Waals surface area contributed by atoms with Gasteiger partial charge in [-0.2, -0.15) is 0 Å². The van der Waals surface area contributed by atoms with Gasteiger partial charge in [-0.3, -0.25) is 14.5 Å². The maximum absolute atomic E-state index is 14.2. The highest BCUT2D eigenvalue weighted by molar-refractivity contribution is 6.07. The molecule has 214 valence electrons. The summed E-state index contributed by atoms with van der Waals surface area (Å²) in [6.45, 7) is 1.59. The predicted octanol–water partition coefficient (Wildman–Crippen LogP) is 1.58. The molecule has 3 N–H and O–H groups in total. The topological polar surface area (TPSA) is 125 Å². The van der Waals surface area contributed by atoms with Crippen molar-refractivity contribution in [1.29, 1.82) is 0 Å². The van der Waals surface area contributed by atoms with Gasteiger partial charge in [0.1, 0.15) is 11.5 Å². The van der Waals surface area contributed by atoms with Gasteiger partial charge in [-0.05, 0) is 67.3 Å². The van der Waals surface area contributed by atoms with Crippen LogP contribution in [0.25, 0.3) is 0 Å². The zero-order chi connectivity index (χ0) is 28.3. The zero-order valence-electron chi connectivity index (χ0n) is 23.0. The number of esters is 1. The van der Waals surface area contributed by atoms with Gasteiger partial charge in [0.25, 0.3) is 0 Å². The second kappa shape index (κ2) is 8.32. The molecule has 1 unspecified atom stereocenters. The lowest BCUT2D eigenvalue weighted by Crippen LogP contribution is -2.78. The van der Waals surface area contributed by atoms with Crippen molar-refractivity contribution in [2.45, 2.75) is 73.6 Å². The number of carbonyl (C=O) groups is 3. The number of aromatic hydroxyl groups is 1. The lowest BCUT2D eigenvalue weighted by molar-refractivity contribution is -0.199. The highest BCUT2D eigenvalue weighted by atomic mass is 16.5. The van der Waals surface area contributed by atoms with Crippen LogP contribution >= 0.6 is 0 Å². The number of hydrogen-bond donors (Lipinski definition) is 3. The van der Waals surface area contributed by atoms with Gasteiger partial charge in [0.05, 0.1) is 18.1 Å². The first-order valence-corrected chi connectivity index (χ1v) is 14.7. The van der Waals surface area contributed by atoms with E-state index in [-0.39, 0.29) is 36.8 Å². The molecule has 41 heavy (non-hydrogen) atoms. The average molecular weight is 559 g/mol. The number of piperidine rings is 1. The molecule has 1 spiro atoms. The quantitative estimate of drug-likeness (QED) is 0.373. The monoisotopic (exact) mass is 558 g/mol. The minimum atomic E-state index is -1.43. The van der Waals surface area contributed by atoms with Crippen LogP contribution in [-0.2, 0) is 43.8 Å². The van der Waals surface area contributed by atoms with E-state index < -0.39 is 46.2 Å². The van der Waals surface area contributed by atoms with Crippen LogP contribution in [0.4, 0.5) is 0 Å². The second-order valence-electron chi connectivity index (χ2n) is 13.1. The van der Waals surface area contributed by atoms with E-state index in [2.05, 4.69) is 10.2 Å². The molecular formula is C32H34N2O7. The van der Waals surface area contributed by atoms with Crippen molar-refractivity contribution in [3.05, 3.63) is 58.7 Å². The number of fused-ring (bicyclic) bond motifs is 1. The summed E-state index contributed by atoms with van der Waals surface area (Å²) in [6.07, 6.45) is 2.76. The van der Waals surface area contributed by atoms with Crippen molar-refractivity contribution < 1.29 is 34.1 Å². The fraction of sp³-hybridized carbons (Fsp3) is 0.531. The molecule has 2 aromatic rings. The van der Waals surface area contributed by atoms with Crippen LogP contribution in [0.15, 0.2) is 36.4 Å². The molecule has 1 saturated heterocycles. The van der Waals surface area contributed by atoms with Crippen molar-refractivity contribution >= 4 is 17.7 Å². The van der Waals surface area contributed by atoms with Crippen molar-refractivity contribution in [3.8, 4) is 11.5 Å². The molecule has 2 heterocycles. The number of aliphatic hydroxyl groups is 1. The van der Waals surface area contributed by atoms with Gasteiger partial charge < -0.3 is 25.0 Å². The third-order valence-electron chi connectivity index (χ3n) is 11.0. The molecule has 9 nitrogen and oxygen atoms in total. The first-order chi connectivity index (χ1) is 19.7. The summed E-state index contributed by atoms with van der Waals surface area (Å²) in [6, 6.07) is 10.8. The van der Waals surface area contributed by atoms with Crippen LogP contribution in [0.2, 0.25) is 0 Å². The number of ether oxygens (including phenoxy) is 2. The van der Waals surface area contributed by atoms with Crippen LogP contribution < -0.4 is 10.1 Å². The van der Waals surface area contributed by atoms with Crippen LogP contribution in [-0.4, -0.2) is 76.3 Å². The fourth-order valence-corrected chi connectivity index (χ4v) is 8.94. The Labute approximate surface area is 237 Å². The SMILES string of the molecule is COC(=O)C1(NC(=O)C2C[C@@]3(O)[C@H]4Cc5ccc(O)c6c5[C@@]3(CCN4CC3CC3)[C@@H](O6)C2=O)Cc2ccccc2C1. The van der Waals surface area contributed by atoms with E-state index in [0.29, 0.717) is 25.3 Å². The Morgan fingerprint density at radius 3 is 2.54 bits per heavy atom. The zero-order valence-corrected chi connectivity index (χ0v) is 23.0. The van der Waals surface area contributed by atoms with Crippen molar-refractivity contribution in [1.82, 2.24) is 10.2 Å². The largest absolute Gasteiger partial charge is 0.504 e. The van der Waals surface area contributed by atoms with Gasteiger partial charge in [0.2, 0.25) is 5.91 Å². The standard InChI is InChI=1S/C32H34N2O7/c1-40-29(38)30(13-19-4-2-3-5-20(19)14-30)33-28(37)21-15-32(39)23-12-18-8-9-22(35)26-24(18)31(32,27(41-26)25(21)36)10-11-34(23)16-17-6-7-17/h2-5,8-9,17,21,23,27,35,39H,6-7,10-16H2,1H3,(H,33,37)/t21?,23-,27+,31+,32-/m1/s1. The van der Waals surface area contributed by atoms with Crippen molar-refractivity contribution in [2.75, 3.05) is 20.2 Å². The third kappa shape index (κ3) is 3.22. The Bertz CT molecular complexity index is 1490. The number of benzene rings is 2. The number of ketones is 1. The van der Waals surface area contributed by atoms with E-state index in [0.717, 1.165) is 28.8 Å². The molecule has 0 aromatic heterocycles. The summed E-state index contributed by atoms with van der Waals surface area (Å²) in [4.78, 5) is 43.8. The smallest absolute Gasteiger partial charge is 0.332 e. The molecule has 8 rings (SSSR count). The Balaban J connectivity index is 1.19. The van der Waals surface area contributed by atoms with Crippen LogP contribution in [0.5, 0.6) is 11.5 Å². The molecule has 0 radical (unpaired) electrons. The maximum atomic E-state index is 14.2. The number of hydrogen-bond acceptors (Lipinski definition) is 8. The van der Waals surface area contributed by atoms with E-state index in [1.807, 2.05) is 30.3 Å². The number of likely N-dealkylation sites (tertiary alicyclic amines) is 1. The number of nitrogens with zero attached hydrogens (tertiary/aromatic N) is 1. The first kappa shape index (κ1) is 25.3. The van der Waals surface area contributed by atoms with E-state index in [1.165, 1.54) is 20.0 Å². The first-order valence-electron chi connectivity index (χ1n) is 14.7. The summed E-state index contributed by atoms with van der Waals surface area (Å²) >= 11 is 0. The number of amides is 1. The molecule has 3 fully saturated rings. The van der Waals surface area contributed by atoms with Crippen LogP contribution in [0, 0.1) is 11.8 Å². The average Bonchev–Trinajstić information content (AvgIpc) is 3.58. The van der Waals surface area contributed by atoms with Gasteiger partial charge >= 0.3 is 5.97 Å². The number of phenolic OH excluding ortho intramolecular Hbond substituents is 1. The van der Waals surface area contributed by atoms with E-state index >= 15 is 0 Å². The Morgan fingerprint density at radius 2 is 1.85 bits per heavy atom. The highest BCUT2D eigenvalue weighted by Gasteiger charge is 2.75. The Hall–Kier alpha value is -3.43. The number of carbonyl (C=O) groups excluding carboxylic acids is 3. The Kier molecular flexibility index (Phi) is 5.13. The molecular weight excluding hydrogens is 524 g/mol. The van der Waals surface area contributed by atoms with E-state index in [1.54, 1.807) is 6.07 Å². The minimum Gasteiger partial charge on any atom is -0.504 e. The minimum absolute atomic E-state index is 0.0594. The lowest BCUT2D eigenvalue weighted by atomic mass is 9.47. The maximum Gasteiger partial charge on any atom is 0.332 e. The third-order valence-corrected chi connectivity index (χ3v) is 11.0. The fourth-order valence-electron chi connectivity index (χ4n) is 8.94. The molecule has 2 aromatic carbocycles. The summed E-state index contributed by atoms with van der Waals surface area (Å²) in [7, 11) is 1.29. The summed E-state index contributed by atoms with van der Waals surface area (Å²) in [5, 5.41) is 26.5. The predicted molar refractivity (Wildman–Crippen MR) is 145 cm³/mol. The number of rotatable bonds is 5. The Morgan fingerprint density at radius 1 is 1.12 bits per heavy atom. The van der Waals surface area contributed by atoms with E-state index in [9.17, 15) is 24.6 Å². The lowest BCUT2D eigenvalue weighted by Gasteiger charge is -2.63. The van der Waals surface area contributed by atoms with Gasteiger partial charge in [-0.25, -0.2) is 4.79 Å². The van der Waals surface area contributed by atoms with Gasteiger partial charge in [-0.15, -0.1) is 0 Å². The number of methoxy groups -OCH3 is 1. The molecule has 2 saturated carbocycles. The molecule has 9 heteroatoms. The van der Waals surface area contributed by atoms with E-state index in [4.69, 9.17) is 9.47 Å². The number of phenols is 1. The summed E-state index contributed by atoms with van der Waals surface area (Å²) in [5.41, 5.74) is -0.183. The van der Waals surface area contributed by atoms with Gasteiger partial charge in [0, 0.05) is 31.0 Å². The van der Waals surface area contributed by atoms with Crippen LogP contribution in [0.1, 0.15) is 47.9 Å². The second-order valence-corrected chi connectivity index (χ2v) is 13.1. The molecule has 5 atom stereocenters. The molecule has 4 aliphatic carbocycles. The number of Topliss-reactive ketones (excluding diaryl/α,β-unsaturated/α-hetero) is 1. The molecule has 2 bridgehead atoms. The summed E-state index contributed by atoms with van der Waals surface area (Å²) in [5.74, 6) is -2.00. The molecule has 2 aliphatic heterocycles.